The van der Waals surface area contributed by atoms with Crippen molar-refractivity contribution in [2.75, 3.05) is 27.1 Å². The van der Waals surface area contributed by atoms with E-state index in [1.807, 2.05) is 37.3 Å². The monoisotopic (exact) mass is 379 g/mol. The number of allylic oxidation sites excluding steroid dienone is 1. The van der Waals surface area contributed by atoms with E-state index in [0.29, 0.717) is 25.2 Å². The lowest BCUT2D eigenvalue weighted by Gasteiger charge is -2.13. The van der Waals surface area contributed by atoms with Crippen molar-refractivity contribution >= 4 is 5.57 Å². The second-order valence-corrected chi connectivity index (χ2v) is 6.57. The highest BCUT2D eigenvalue weighted by Crippen LogP contribution is 2.29. The number of methoxy groups -OCH3 is 1. The minimum Gasteiger partial charge on any atom is -0.493 e. The normalized spacial score (nSPS) is 11.6. The van der Waals surface area contributed by atoms with Crippen LogP contribution in [0.2, 0.25) is 0 Å². The van der Waals surface area contributed by atoms with Crippen LogP contribution >= 0.6 is 0 Å². The first-order chi connectivity index (χ1) is 13.8. The summed E-state index contributed by atoms with van der Waals surface area (Å²) in [6.07, 6.45) is 3.69. The summed E-state index contributed by atoms with van der Waals surface area (Å²) in [5, 5.41) is 9.52. The molecule has 0 fully saturated rings. The van der Waals surface area contributed by atoms with E-state index in [-0.39, 0.29) is 6.79 Å². The number of hydrogen-bond donors (Lipinski definition) is 0. The molecule has 0 saturated carbocycles. The molecular weight excluding hydrogens is 350 g/mol. The number of para-hydroxylation sites is 1. The lowest BCUT2D eigenvalue weighted by molar-refractivity contribution is -0.0289. The summed E-state index contributed by atoms with van der Waals surface area (Å²) < 4.78 is 16.2. The largest absolute Gasteiger partial charge is 0.493 e. The molecule has 28 heavy (non-hydrogen) atoms. The zero-order chi connectivity index (χ0) is 20.0. The molecule has 0 N–H and O–H groups in total. The average molecular weight is 380 g/mol. The summed E-state index contributed by atoms with van der Waals surface area (Å²) in [6, 6.07) is 20.7. The topological polar surface area (TPSA) is 51.5 Å². The molecule has 4 heteroatoms. The first-order valence-corrected chi connectivity index (χ1v) is 9.69. The van der Waals surface area contributed by atoms with Gasteiger partial charge in [0, 0.05) is 24.7 Å². The molecule has 2 rings (SSSR count). The van der Waals surface area contributed by atoms with Crippen molar-refractivity contribution in [1.82, 2.24) is 0 Å². The zero-order valence-electron chi connectivity index (χ0n) is 16.8. The summed E-state index contributed by atoms with van der Waals surface area (Å²) in [7, 11) is 1.58. The summed E-state index contributed by atoms with van der Waals surface area (Å²) in [5.41, 5.74) is 3.96. The van der Waals surface area contributed by atoms with Gasteiger partial charge in [0.2, 0.25) is 0 Å². The van der Waals surface area contributed by atoms with E-state index in [0.717, 1.165) is 36.1 Å². The van der Waals surface area contributed by atoms with E-state index in [9.17, 15) is 5.26 Å². The molecule has 0 aromatic heterocycles. The summed E-state index contributed by atoms with van der Waals surface area (Å²) in [5.74, 6) is 0.824. The molecule has 0 aliphatic heterocycles. The van der Waals surface area contributed by atoms with Crippen LogP contribution in [0, 0.1) is 11.3 Å². The standard InChI is InChI=1S/C24H29NO3/c1-20(22(18-25)15-17-27-19-26-2)23-13-6-7-14-24(23)28-16-9-8-12-21-10-4-3-5-11-21/h3-7,10-11,13-14H,8-9,12,15-17,19H2,1-2H3/b22-20+. The highest BCUT2D eigenvalue weighted by molar-refractivity contribution is 5.74. The van der Waals surface area contributed by atoms with Crippen LogP contribution in [0.5, 0.6) is 5.75 Å². The molecule has 0 aliphatic carbocycles. The third-order valence-electron chi connectivity index (χ3n) is 4.54. The van der Waals surface area contributed by atoms with Crippen molar-refractivity contribution in [1.29, 1.82) is 5.26 Å². The number of benzene rings is 2. The zero-order valence-corrected chi connectivity index (χ0v) is 16.8. The highest BCUT2D eigenvalue weighted by atomic mass is 16.7. The van der Waals surface area contributed by atoms with Gasteiger partial charge in [-0.2, -0.15) is 5.26 Å². The SMILES string of the molecule is COCOCC/C(C#N)=C(/C)c1ccccc1OCCCCc1ccccc1. The number of nitriles is 1. The molecule has 0 aliphatic rings. The number of aryl methyl sites for hydroxylation is 1. The first kappa shape index (κ1) is 21.7. The molecule has 0 spiro atoms. The smallest absolute Gasteiger partial charge is 0.146 e. The molecule has 0 unspecified atom stereocenters. The van der Waals surface area contributed by atoms with Gasteiger partial charge in [-0.05, 0) is 43.4 Å². The Labute approximate surface area is 168 Å². The van der Waals surface area contributed by atoms with Crippen LogP contribution in [-0.4, -0.2) is 27.1 Å². The predicted octanol–water partition coefficient (Wildman–Crippen LogP) is 5.40. The van der Waals surface area contributed by atoms with Crippen molar-refractivity contribution in [3.05, 3.63) is 71.3 Å². The first-order valence-electron chi connectivity index (χ1n) is 9.69. The molecule has 0 radical (unpaired) electrons. The van der Waals surface area contributed by atoms with Crippen molar-refractivity contribution in [3.63, 3.8) is 0 Å². The number of hydrogen-bond acceptors (Lipinski definition) is 4. The number of ether oxygens (including phenoxy) is 3. The van der Waals surface area contributed by atoms with Gasteiger partial charge in [-0.1, -0.05) is 48.5 Å². The van der Waals surface area contributed by atoms with E-state index >= 15 is 0 Å². The third kappa shape index (κ3) is 7.19. The molecule has 148 valence electrons. The Balaban J connectivity index is 1.91. The minimum absolute atomic E-state index is 0.237. The molecule has 2 aromatic carbocycles. The molecule has 0 atom stereocenters. The van der Waals surface area contributed by atoms with E-state index in [2.05, 4.69) is 30.3 Å². The van der Waals surface area contributed by atoms with Crippen LogP contribution in [0.25, 0.3) is 5.57 Å². The lowest BCUT2D eigenvalue weighted by Crippen LogP contribution is -2.02. The van der Waals surface area contributed by atoms with Crippen molar-refractivity contribution in [3.8, 4) is 11.8 Å². The number of rotatable bonds is 12. The molecule has 0 bridgehead atoms. The average Bonchev–Trinajstić information content (AvgIpc) is 2.74. The van der Waals surface area contributed by atoms with Gasteiger partial charge < -0.3 is 14.2 Å². The summed E-state index contributed by atoms with van der Waals surface area (Å²) in [4.78, 5) is 0. The fourth-order valence-corrected chi connectivity index (χ4v) is 2.97. The van der Waals surface area contributed by atoms with Gasteiger partial charge in [0.25, 0.3) is 0 Å². The Bertz CT molecular complexity index is 778. The maximum absolute atomic E-state index is 9.52. The van der Waals surface area contributed by atoms with Crippen molar-refractivity contribution in [2.45, 2.75) is 32.6 Å². The van der Waals surface area contributed by atoms with Crippen LogP contribution in [0.3, 0.4) is 0 Å². The molecule has 0 amide bonds. The predicted molar refractivity (Wildman–Crippen MR) is 112 cm³/mol. The van der Waals surface area contributed by atoms with Gasteiger partial charge in [0.05, 0.1) is 19.3 Å². The highest BCUT2D eigenvalue weighted by Gasteiger charge is 2.10. The van der Waals surface area contributed by atoms with E-state index in [1.54, 1.807) is 7.11 Å². The maximum Gasteiger partial charge on any atom is 0.146 e. The van der Waals surface area contributed by atoms with E-state index in [4.69, 9.17) is 14.2 Å². The quantitative estimate of drug-likeness (QED) is 0.282. The number of unbranched alkanes of at least 4 members (excludes halogenated alkanes) is 1. The Hall–Kier alpha value is -2.61. The lowest BCUT2D eigenvalue weighted by atomic mass is 9.99. The van der Waals surface area contributed by atoms with Gasteiger partial charge in [0.1, 0.15) is 12.5 Å². The Morgan fingerprint density at radius 3 is 2.46 bits per heavy atom. The fourth-order valence-electron chi connectivity index (χ4n) is 2.97. The van der Waals surface area contributed by atoms with Crippen LogP contribution in [-0.2, 0) is 15.9 Å². The summed E-state index contributed by atoms with van der Waals surface area (Å²) >= 11 is 0. The van der Waals surface area contributed by atoms with Gasteiger partial charge >= 0.3 is 0 Å². The maximum atomic E-state index is 9.52. The molecule has 0 heterocycles. The minimum atomic E-state index is 0.237. The third-order valence-corrected chi connectivity index (χ3v) is 4.54. The van der Waals surface area contributed by atoms with Gasteiger partial charge in [-0.3, -0.25) is 0 Å². The Morgan fingerprint density at radius 1 is 0.964 bits per heavy atom. The Morgan fingerprint density at radius 2 is 1.71 bits per heavy atom. The van der Waals surface area contributed by atoms with Gasteiger partial charge in [-0.15, -0.1) is 0 Å². The van der Waals surface area contributed by atoms with E-state index < -0.39 is 0 Å². The van der Waals surface area contributed by atoms with Crippen LogP contribution < -0.4 is 4.74 Å². The molecular formula is C24H29NO3. The fraction of sp³-hybridized carbons (Fsp3) is 0.375. The van der Waals surface area contributed by atoms with Crippen molar-refractivity contribution < 1.29 is 14.2 Å². The summed E-state index contributed by atoms with van der Waals surface area (Å²) in [6.45, 7) is 3.32. The second kappa shape index (κ2) is 12.7. The molecule has 0 saturated heterocycles. The molecule has 4 nitrogen and oxygen atoms in total. The van der Waals surface area contributed by atoms with Gasteiger partial charge in [0.15, 0.2) is 0 Å². The number of nitrogens with zero attached hydrogens (tertiary/aromatic N) is 1. The van der Waals surface area contributed by atoms with Crippen molar-refractivity contribution in [2.24, 2.45) is 0 Å². The van der Waals surface area contributed by atoms with Crippen LogP contribution in [0.1, 0.15) is 37.3 Å². The van der Waals surface area contributed by atoms with Crippen LogP contribution in [0.15, 0.2) is 60.2 Å². The van der Waals surface area contributed by atoms with Gasteiger partial charge in [-0.25, -0.2) is 0 Å². The molecule has 2 aromatic rings. The van der Waals surface area contributed by atoms with E-state index in [1.165, 1.54) is 5.56 Å². The second-order valence-electron chi connectivity index (χ2n) is 6.57. The van der Waals surface area contributed by atoms with Crippen LogP contribution in [0.4, 0.5) is 0 Å². The Kier molecular flexibility index (Phi) is 9.85.